The van der Waals surface area contributed by atoms with Crippen LogP contribution in [0.4, 0.5) is 18.9 Å². The smallest absolute Gasteiger partial charge is 0.365 e. The molecule has 3 aromatic rings. The summed E-state index contributed by atoms with van der Waals surface area (Å²) in [5, 5.41) is 9.33. The minimum atomic E-state index is -4.62. The average molecular weight is 516 g/mol. The van der Waals surface area contributed by atoms with E-state index in [2.05, 4.69) is 30.1 Å². The highest BCUT2D eigenvalue weighted by Crippen LogP contribution is 2.38. The normalized spacial score (nSPS) is 22.9. The van der Waals surface area contributed by atoms with Crippen LogP contribution in [-0.4, -0.2) is 58.7 Å². The predicted octanol–water partition coefficient (Wildman–Crippen LogP) is 2.89. The van der Waals surface area contributed by atoms with Crippen LogP contribution in [0, 0.1) is 0 Å². The Morgan fingerprint density at radius 2 is 1.88 bits per heavy atom. The van der Waals surface area contributed by atoms with Gasteiger partial charge in [0.25, 0.3) is 0 Å². The molecule has 0 spiro atoms. The number of fused-ring (bicyclic) bond motifs is 1. The summed E-state index contributed by atoms with van der Waals surface area (Å²) in [7, 11) is -3.88. The molecule has 0 aromatic carbocycles. The van der Waals surface area contributed by atoms with Gasteiger partial charge in [-0.15, -0.1) is 10.2 Å². The second kappa shape index (κ2) is 7.86. The van der Waals surface area contributed by atoms with Gasteiger partial charge < -0.3 is 10.2 Å². The van der Waals surface area contributed by atoms with Crippen molar-refractivity contribution in [2.45, 2.75) is 62.3 Å². The van der Waals surface area contributed by atoms with Crippen molar-refractivity contribution in [1.82, 2.24) is 29.6 Å². The Kier molecular flexibility index (Phi) is 5.42. The van der Waals surface area contributed by atoms with Gasteiger partial charge in [-0.2, -0.15) is 13.2 Å². The largest absolute Gasteiger partial charge is 0.445 e. The van der Waals surface area contributed by atoms with E-state index in [1.807, 2.05) is 20.8 Å². The van der Waals surface area contributed by atoms with Crippen molar-refractivity contribution in [3.63, 3.8) is 0 Å². The summed E-state index contributed by atoms with van der Waals surface area (Å²) in [5.74, 6) is 0. The molecule has 9 nitrogen and oxygen atoms in total. The number of pyridine rings is 1. The van der Waals surface area contributed by atoms with Crippen molar-refractivity contribution in [1.29, 1.82) is 0 Å². The maximum atomic E-state index is 13.3. The lowest BCUT2D eigenvalue weighted by Crippen LogP contribution is -2.54. The quantitative estimate of drug-likeness (QED) is 0.539. The molecule has 2 fully saturated rings. The van der Waals surface area contributed by atoms with Gasteiger partial charge in [0.2, 0.25) is 15.0 Å². The number of rotatable bonds is 5. The van der Waals surface area contributed by atoms with Crippen LogP contribution in [0.5, 0.6) is 0 Å². The number of alkyl halides is 3. The summed E-state index contributed by atoms with van der Waals surface area (Å²) in [6, 6.07) is 1.89. The lowest BCUT2D eigenvalue weighted by Gasteiger charge is -2.37. The zero-order valence-corrected chi connectivity index (χ0v) is 20.4. The summed E-state index contributed by atoms with van der Waals surface area (Å²) in [5.41, 5.74) is 0.799. The van der Waals surface area contributed by atoms with E-state index in [9.17, 15) is 21.6 Å². The molecule has 1 saturated heterocycles. The van der Waals surface area contributed by atoms with Gasteiger partial charge in [0, 0.05) is 36.9 Å². The first-order valence-corrected chi connectivity index (χ1v) is 13.1. The molecular formula is C20H24F3N7O2S2. The van der Waals surface area contributed by atoms with Crippen molar-refractivity contribution in [2.24, 2.45) is 0 Å². The molecule has 0 amide bonds. The van der Waals surface area contributed by atoms with Crippen LogP contribution in [0.2, 0.25) is 0 Å². The van der Waals surface area contributed by atoms with Gasteiger partial charge in [-0.25, -0.2) is 18.1 Å². The third-order valence-electron chi connectivity index (χ3n) is 6.04. The fourth-order valence-electron chi connectivity index (χ4n) is 4.22. The summed E-state index contributed by atoms with van der Waals surface area (Å²) in [6.07, 6.45) is -0.336. The van der Waals surface area contributed by atoms with E-state index >= 15 is 0 Å². The van der Waals surface area contributed by atoms with E-state index in [0.717, 1.165) is 12.8 Å². The first-order chi connectivity index (χ1) is 15.8. The van der Waals surface area contributed by atoms with E-state index in [1.165, 1.54) is 16.8 Å². The minimum absolute atomic E-state index is 0.00415. The number of halogens is 3. The fraction of sp³-hybridized carbons (Fsp3) is 0.550. The highest BCUT2D eigenvalue weighted by molar-refractivity contribution is 7.89. The Hall–Kier alpha value is -2.29. The maximum Gasteiger partial charge on any atom is 0.445 e. The van der Waals surface area contributed by atoms with Crippen LogP contribution in [0.25, 0.3) is 16.3 Å². The fourth-order valence-corrected chi connectivity index (χ4v) is 6.42. The van der Waals surface area contributed by atoms with Crippen LogP contribution in [0.1, 0.15) is 38.6 Å². The number of anilines is 1. The van der Waals surface area contributed by atoms with E-state index in [-0.39, 0.29) is 27.7 Å². The second-order valence-electron chi connectivity index (χ2n) is 9.35. The average Bonchev–Trinajstić information content (AvgIpc) is 3.13. The molecule has 34 heavy (non-hydrogen) atoms. The number of imidazole rings is 1. The van der Waals surface area contributed by atoms with Gasteiger partial charge in [-0.1, -0.05) is 11.3 Å². The van der Waals surface area contributed by atoms with Crippen LogP contribution >= 0.6 is 11.3 Å². The van der Waals surface area contributed by atoms with E-state index in [1.54, 1.807) is 6.07 Å². The first kappa shape index (κ1) is 23.5. The van der Waals surface area contributed by atoms with E-state index < -0.39 is 26.7 Å². The molecule has 0 unspecified atom stereocenters. The van der Waals surface area contributed by atoms with Gasteiger partial charge in [-0.05, 0) is 39.7 Å². The minimum Gasteiger partial charge on any atom is -0.365 e. The maximum absolute atomic E-state index is 13.3. The Bertz CT molecular complexity index is 1340. The van der Waals surface area contributed by atoms with Crippen molar-refractivity contribution in [3.8, 4) is 10.7 Å². The lowest BCUT2D eigenvalue weighted by atomic mass is 10.1. The van der Waals surface area contributed by atoms with Crippen LogP contribution in [-0.2, 0) is 16.2 Å². The van der Waals surface area contributed by atoms with E-state index in [0.29, 0.717) is 35.8 Å². The number of nitrogens with one attached hydrogen (secondary N) is 2. The molecule has 3 aromatic heterocycles. The molecule has 4 heterocycles. The zero-order valence-electron chi connectivity index (χ0n) is 18.7. The summed E-state index contributed by atoms with van der Waals surface area (Å²) < 4.78 is 70.1. The molecule has 2 N–H and O–H groups in total. The van der Waals surface area contributed by atoms with Crippen LogP contribution in [0.15, 0.2) is 23.4 Å². The number of aromatic nitrogens is 4. The van der Waals surface area contributed by atoms with Crippen LogP contribution in [0.3, 0.4) is 0 Å². The Morgan fingerprint density at radius 3 is 2.47 bits per heavy atom. The molecule has 1 saturated carbocycles. The predicted molar refractivity (Wildman–Crippen MR) is 121 cm³/mol. The number of nitrogens with zero attached hydrogens (tertiary/aromatic N) is 5. The van der Waals surface area contributed by atoms with Crippen molar-refractivity contribution < 1.29 is 21.6 Å². The first-order valence-electron chi connectivity index (χ1n) is 10.8. The standard InChI is InChI=1S/C20H24F3N7O2S2/c1-11-8-29(9-12(2)25-11)14-6-13(34(31,32)28-19(3)4-5-19)10-30-15(7-24-16(14)30)17-26-27-18(33-17)20(21,22)23/h6-7,10-12,25,28H,4-5,8-9H2,1-3H3/t11-,12-/m1/s1. The van der Waals surface area contributed by atoms with Gasteiger partial charge in [0.05, 0.1) is 11.9 Å². The van der Waals surface area contributed by atoms with E-state index in [4.69, 9.17) is 0 Å². The SMILES string of the molecule is C[C@@H]1CN(c2cc(S(=O)(=O)NC3(C)CC3)cn3c(-c4nnc(C(F)(F)F)s4)cnc23)C[C@@H](C)N1. The molecule has 5 rings (SSSR count). The Balaban J connectivity index is 1.67. The molecule has 2 atom stereocenters. The van der Waals surface area contributed by atoms with Gasteiger partial charge in [0.1, 0.15) is 10.6 Å². The molecule has 1 aliphatic carbocycles. The van der Waals surface area contributed by atoms with Gasteiger partial charge in [0.15, 0.2) is 10.7 Å². The molecule has 0 radical (unpaired) electrons. The summed E-state index contributed by atoms with van der Waals surface area (Å²) >= 11 is 0.391. The summed E-state index contributed by atoms with van der Waals surface area (Å²) in [4.78, 5) is 6.51. The molecule has 2 aliphatic rings. The number of hydrogen-bond acceptors (Lipinski definition) is 8. The van der Waals surface area contributed by atoms with Crippen molar-refractivity contribution in [3.05, 3.63) is 23.5 Å². The number of hydrogen-bond donors (Lipinski definition) is 2. The lowest BCUT2D eigenvalue weighted by molar-refractivity contribution is -0.138. The molecule has 1 aliphatic heterocycles. The topological polar surface area (TPSA) is 105 Å². The highest BCUT2D eigenvalue weighted by Gasteiger charge is 2.42. The van der Waals surface area contributed by atoms with Gasteiger partial charge >= 0.3 is 6.18 Å². The summed E-state index contributed by atoms with van der Waals surface area (Å²) in [6.45, 7) is 7.15. The Morgan fingerprint density at radius 1 is 1.21 bits per heavy atom. The molecule has 0 bridgehead atoms. The van der Waals surface area contributed by atoms with Gasteiger partial charge in [-0.3, -0.25) is 4.40 Å². The van der Waals surface area contributed by atoms with Crippen molar-refractivity contribution >= 4 is 32.7 Å². The molecular weight excluding hydrogens is 491 g/mol. The Labute approximate surface area is 198 Å². The second-order valence-corrected chi connectivity index (χ2v) is 12.0. The number of sulfonamides is 1. The monoisotopic (exact) mass is 515 g/mol. The number of piperazine rings is 1. The third kappa shape index (κ3) is 4.39. The molecule has 184 valence electrons. The molecule has 14 heteroatoms. The van der Waals surface area contributed by atoms with Crippen LogP contribution < -0.4 is 14.9 Å². The third-order valence-corrected chi connectivity index (χ3v) is 8.63. The van der Waals surface area contributed by atoms with Crippen molar-refractivity contribution in [2.75, 3.05) is 18.0 Å². The zero-order chi connectivity index (χ0) is 24.5. The highest BCUT2D eigenvalue weighted by atomic mass is 32.2.